The zero-order valence-electron chi connectivity index (χ0n) is 35.6. The van der Waals surface area contributed by atoms with Gasteiger partial charge >= 0.3 is 17.6 Å². The summed E-state index contributed by atoms with van der Waals surface area (Å²) in [5, 5.41) is 39.8. The van der Waals surface area contributed by atoms with Gasteiger partial charge in [0.1, 0.15) is 23.9 Å². The van der Waals surface area contributed by atoms with Crippen molar-refractivity contribution < 1.29 is 34.4 Å². The Balaban J connectivity index is 0.782. The van der Waals surface area contributed by atoms with E-state index in [0.717, 1.165) is 53.2 Å². The standard InChI is InChI=1S/C48H47N7O9/c1-4-30-32-18-29(56)6-7-37(32)49-43-35(30)22-54-39(43)20-33-36(46(54)60)24-63-47(61)44(33)64-42(59)23-52-13-9-26(10-14-52)11-15-53-16-12-27-17-28(5-8-38(27)53)55-45(50-51-48(55)62)34-19-31(25(2)3)40(57)21-41(34)58/h5-8,12,16-21,25-26,44,56-58H,4,9-11,13-15,22-24H2,1-3H3,(H,51,62)/t44-/m0/s1. The number of phenolic OH excluding ortho intramolecular Hbond substituents is 3. The SMILES string of the molecule is CCc1c2c(nc3ccc(O)cc13)-c1cc3c(c(=O)n1C2)COC(=O)[C@H]3OC(=O)CN1CCC(CCn2ccc3cc(-n4c(-c5cc(C(C)C)c(O)cc5O)n[nH]c4=O)ccc32)CC1. The minimum absolute atomic E-state index is 0.00384. The number of hydrogen-bond acceptors (Lipinski definition) is 12. The highest BCUT2D eigenvalue weighted by Gasteiger charge is 2.38. The monoisotopic (exact) mass is 865 g/mol. The molecular weight excluding hydrogens is 819 g/mol. The van der Waals surface area contributed by atoms with Crippen LogP contribution in [0.15, 0.2) is 76.4 Å². The molecule has 7 heterocycles. The summed E-state index contributed by atoms with van der Waals surface area (Å²) < 4.78 is 16.4. The van der Waals surface area contributed by atoms with Gasteiger partial charge in [-0.2, -0.15) is 5.10 Å². The van der Waals surface area contributed by atoms with Crippen LogP contribution in [0.4, 0.5) is 0 Å². The molecule has 0 amide bonds. The van der Waals surface area contributed by atoms with E-state index >= 15 is 0 Å². The maximum Gasteiger partial charge on any atom is 0.352 e. The average Bonchev–Trinajstić information content (AvgIpc) is 3.98. The normalized spacial score (nSPS) is 16.3. The van der Waals surface area contributed by atoms with Gasteiger partial charge in [0.15, 0.2) is 5.82 Å². The van der Waals surface area contributed by atoms with Gasteiger partial charge in [-0.3, -0.25) is 14.5 Å². The minimum Gasteiger partial charge on any atom is -0.508 e. The maximum atomic E-state index is 13.9. The van der Waals surface area contributed by atoms with Crippen molar-refractivity contribution in [2.45, 2.75) is 78.2 Å². The Morgan fingerprint density at radius 1 is 0.969 bits per heavy atom. The van der Waals surface area contributed by atoms with Crippen LogP contribution < -0.4 is 11.2 Å². The van der Waals surface area contributed by atoms with Crippen molar-refractivity contribution in [3.8, 4) is 45.7 Å². The molecule has 3 aromatic carbocycles. The number of fused-ring (bicyclic) bond motifs is 6. The molecule has 0 saturated carbocycles. The molecule has 64 heavy (non-hydrogen) atoms. The Labute approximate surface area is 365 Å². The molecular formula is C48H47N7O9. The molecule has 4 N–H and O–H groups in total. The van der Waals surface area contributed by atoms with Gasteiger partial charge in [-0.25, -0.2) is 24.2 Å². The van der Waals surface area contributed by atoms with Gasteiger partial charge in [-0.05, 0) is 116 Å². The largest absolute Gasteiger partial charge is 0.508 e. The number of carbonyl (C=O) groups is 2. The fourth-order valence-electron chi connectivity index (χ4n) is 9.78. The van der Waals surface area contributed by atoms with Crippen LogP contribution in [0.1, 0.15) is 79.9 Å². The molecule has 0 unspecified atom stereocenters. The molecule has 0 bridgehead atoms. The molecule has 1 atom stereocenters. The molecule has 0 aliphatic carbocycles. The Morgan fingerprint density at radius 2 is 1.78 bits per heavy atom. The number of ether oxygens (including phenoxy) is 2. The van der Waals surface area contributed by atoms with Gasteiger partial charge < -0.3 is 33.9 Å². The van der Waals surface area contributed by atoms with E-state index in [1.165, 1.54) is 10.6 Å². The molecule has 7 aromatic rings. The number of aryl methyl sites for hydroxylation is 2. The van der Waals surface area contributed by atoms with Crippen molar-refractivity contribution >= 4 is 33.7 Å². The van der Waals surface area contributed by atoms with Gasteiger partial charge in [0.05, 0.1) is 46.8 Å². The third-order valence-electron chi connectivity index (χ3n) is 13.2. The fraction of sp³-hybridized carbons (Fsp3) is 0.333. The van der Waals surface area contributed by atoms with Gasteiger partial charge in [-0.1, -0.05) is 20.8 Å². The Morgan fingerprint density at radius 3 is 2.56 bits per heavy atom. The molecule has 3 aliphatic heterocycles. The number of aromatic hydroxyl groups is 3. The van der Waals surface area contributed by atoms with Gasteiger partial charge in [0.2, 0.25) is 6.10 Å². The predicted molar refractivity (Wildman–Crippen MR) is 237 cm³/mol. The van der Waals surface area contributed by atoms with E-state index in [0.29, 0.717) is 71.3 Å². The number of aromatic amines is 1. The highest BCUT2D eigenvalue weighted by atomic mass is 16.6. The average molecular weight is 866 g/mol. The van der Waals surface area contributed by atoms with Crippen molar-refractivity contribution in [2.24, 2.45) is 5.92 Å². The van der Waals surface area contributed by atoms with E-state index in [1.807, 2.05) is 56.1 Å². The van der Waals surface area contributed by atoms with Crippen molar-refractivity contribution in [3.05, 3.63) is 116 Å². The number of H-pyrrole nitrogens is 1. The van der Waals surface area contributed by atoms with Crippen LogP contribution in [-0.4, -0.2) is 80.7 Å². The van der Waals surface area contributed by atoms with E-state index in [9.17, 15) is 34.5 Å². The van der Waals surface area contributed by atoms with Gasteiger partial charge in [-0.15, -0.1) is 0 Å². The number of nitrogens with zero attached hydrogens (tertiary/aromatic N) is 6. The second-order valence-corrected chi connectivity index (χ2v) is 17.3. The Hall–Kier alpha value is -7.20. The van der Waals surface area contributed by atoms with E-state index in [-0.39, 0.29) is 53.3 Å². The predicted octanol–water partition coefficient (Wildman–Crippen LogP) is 6.17. The zero-order chi connectivity index (χ0) is 44.6. The van der Waals surface area contributed by atoms with Crippen molar-refractivity contribution in [1.82, 2.24) is 33.8 Å². The van der Waals surface area contributed by atoms with Crippen LogP contribution in [0.3, 0.4) is 0 Å². The number of phenols is 3. The minimum atomic E-state index is -1.37. The molecule has 16 nitrogen and oxygen atoms in total. The van der Waals surface area contributed by atoms with E-state index in [1.54, 1.807) is 34.9 Å². The molecule has 328 valence electrons. The summed E-state index contributed by atoms with van der Waals surface area (Å²) in [6, 6.07) is 17.4. The van der Waals surface area contributed by atoms with E-state index in [2.05, 4.69) is 14.8 Å². The van der Waals surface area contributed by atoms with E-state index in [4.69, 9.17) is 14.5 Å². The maximum absolute atomic E-state index is 13.9. The summed E-state index contributed by atoms with van der Waals surface area (Å²) in [5.41, 5.74) is 6.10. The molecule has 16 heteroatoms. The smallest absolute Gasteiger partial charge is 0.352 e. The first-order chi connectivity index (χ1) is 30.9. The van der Waals surface area contributed by atoms with Crippen LogP contribution in [0, 0.1) is 5.92 Å². The first kappa shape index (κ1) is 40.8. The number of esters is 2. The Kier molecular flexibility index (Phi) is 10.1. The Bertz CT molecular complexity index is 3170. The first-order valence-corrected chi connectivity index (χ1v) is 21.7. The zero-order valence-corrected chi connectivity index (χ0v) is 35.6. The van der Waals surface area contributed by atoms with Crippen LogP contribution in [0.5, 0.6) is 17.2 Å². The fourth-order valence-corrected chi connectivity index (χ4v) is 9.78. The number of rotatable bonds is 10. The third kappa shape index (κ3) is 6.97. The van der Waals surface area contributed by atoms with Crippen molar-refractivity contribution in [1.29, 1.82) is 0 Å². The van der Waals surface area contributed by atoms with Crippen LogP contribution in [0.2, 0.25) is 0 Å². The second kappa shape index (κ2) is 15.9. The number of hydrogen-bond donors (Lipinski definition) is 4. The first-order valence-electron chi connectivity index (χ1n) is 21.7. The summed E-state index contributed by atoms with van der Waals surface area (Å²) in [5.74, 6) is -0.735. The number of likely N-dealkylation sites (tertiary alicyclic amines) is 1. The molecule has 0 radical (unpaired) electrons. The molecule has 1 saturated heterocycles. The summed E-state index contributed by atoms with van der Waals surface area (Å²) in [4.78, 5) is 60.4. The number of piperidine rings is 1. The summed E-state index contributed by atoms with van der Waals surface area (Å²) in [7, 11) is 0. The lowest BCUT2D eigenvalue weighted by Crippen LogP contribution is -2.40. The number of carbonyl (C=O) groups excluding carboxylic acids is 2. The van der Waals surface area contributed by atoms with Crippen molar-refractivity contribution in [3.63, 3.8) is 0 Å². The van der Waals surface area contributed by atoms with Crippen LogP contribution in [0.25, 0.3) is 50.3 Å². The molecule has 1 fully saturated rings. The second-order valence-electron chi connectivity index (χ2n) is 17.3. The highest BCUT2D eigenvalue weighted by molar-refractivity contribution is 5.90. The summed E-state index contributed by atoms with van der Waals surface area (Å²) in [6.45, 7) is 8.10. The van der Waals surface area contributed by atoms with Crippen LogP contribution in [-0.2, 0) is 45.2 Å². The highest BCUT2D eigenvalue weighted by Crippen LogP contribution is 2.40. The number of nitrogens with one attached hydrogen (secondary N) is 1. The molecule has 10 rings (SSSR count). The molecule has 0 spiro atoms. The van der Waals surface area contributed by atoms with Gasteiger partial charge in [0.25, 0.3) is 5.56 Å². The number of pyridine rings is 2. The van der Waals surface area contributed by atoms with Crippen LogP contribution >= 0.6 is 0 Å². The lowest BCUT2D eigenvalue weighted by Gasteiger charge is -2.32. The lowest BCUT2D eigenvalue weighted by molar-refractivity contribution is -0.172. The topological polar surface area (TPSA) is 207 Å². The molecule has 4 aromatic heterocycles. The molecule has 3 aliphatic rings. The number of cyclic esters (lactones) is 1. The van der Waals surface area contributed by atoms with Crippen molar-refractivity contribution in [2.75, 3.05) is 19.6 Å². The van der Waals surface area contributed by atoms with E-state index < -0.39 is 23.7 Å². The number of benzene rings is 3. The van der Waals surface area contributed by atoms with Gasteiger partial charge in [0, 0.05) is 46.2 Å². The quantitative estimate of drug-likeness (QED) is 0.114. The number of aromatic nitrogens is 6. The lowest BCUT2D eigenvalue weighted by atomic mass is 9.93. The summed E-state index contributed by atoms with van der Waals surface area (Å²) >= 11 is 0. The third-order valence-corrected chi connectivity index (χ3v) is 13.2. The summed E-state index contributed by atoms with van der Waals surface area (Å²) in [6.07, 6.45) is 4.00.